The topological polar surface area (TPSA) is 54.5 Å². The molecule has 3 aliphatic heterocycles. The van der Waals surface area contributed by atoms with Gasteiger partial charge in [-0.2, -0.15) is 0 Å². The minimum atomic E-state index is -0.0296. The molecule has 2 unspecified atom stereocenters. The lowest BCUT2D eigenvalue weighted by Gasteiger charge is -2.49. The number of ether oxygens (including phenoxy) is 1. The smallest absolute Gasteiger partial charge is 0.251 e. The van der Waals surface area contributed by atoms with Crippen LogP contribution in [-0.2, 0) is 0 Å². The molecule has 0 radical (unpaired) electrons. The van der Waals surface area contributed by atoms with Gasteiger partial charge in [0.1, 0.15) is 10.8 Å². The van der Waals surface area contributed by atoms with Crippen molar-refractivity contribution in [2.75, 3.05) is 13.1 Å². The first kappa shape index (κ1) is 17.3. The van der Waals surface area contributed by atoms with Crippen molar-refractivity contribution >= 4 is 17.5 Å². The van der Waals surface area contributed by atoms with Crippen molar-refractivity contribution in [3.05, 3.63) is 53.2 Å². The van der Waals surface area contributed by atoms with Gasteiger partial charge in [0.25, 0.3) is 5.91 Å². The summed E-state index contributed by atoms with van der Waals surface area (Å²) in [6, 6.07) is 11.2. The third kappa shape index (κ3) is 3.41. The number of aromatic nitrogens is 1. The van der Waals surface area contributed by atoms with Crippen LogP contribution in [0.5, 0.6) is 11.6 Å². The average Bonchev–Trinajstić information content (AvgIpc) is 2.67. The first-order chi connectivity index (χ1) is 12.6. The minimum Gasteiger partial charge on any atom is -0.438 e. The third-order valence-corrected chi connectivity index (χ3v) is 5.82. The first-order valence-electron chi connectivity index (χ1n) is 9.05. The number of hydrogen-bond acceptors (Lipinski definition) is 4. The van der Waals surface area contributed by atoms with E-state index in [0.717, 1.165) is 13.1 Å². The molecule has 5 rings (SSSR count). The van der Waals surface area contributed by atoms with Gasteiger partial charge in [0.05, 0.1) is 0 Å². The van der Waals surface area contributed by atoms with Gasteiger partial charge in [-0.15, -0.1) is 0 Å². The highest BCUT2D eigenvalue weighted by molar-refractivity contribution is 6.31. The standard InChI is InChI=1S/C20H22ClN3O2/c1-13-18(14-8-11-24(13)12-9-14)23-19(25)15-4-6-16(7-5-15)26-20-17(21)3-2-10-22-20/h2-7,10,13-14,18H,8-9,11-12H2,1H3,(H,23,25). The molecule has 1 amide bonds. The van der Waals surface area contributed by atoms with Crippen LogP contribution in [0.25, 0.3) is 0 Å². The van der Waals surface area contributed by atoms with Crippen molar-refractivity contribution < 1.29 is 9.53 Å². The molecule has 4 heterocycles. The average molecular weight is 372 g/mol. The number of nitrogens with one attached hydrogen (secondary N) is 1. The molecule has 0 saturated carbocycles. The van der Waals surface area contributed by atoms with Gasteiger partial charge in [0.15, 0.2) is 0 Å². The molecular weight excluding hydrogens is 350 g/mol. The molecule has 1 N–H and O–H groups in total. The number of halogens is 1. The van der Waals surface area contributed by atoms with Crippen molar-refractivity contribution in [1.82, 2.24) is 15.2 Å². The molecular formula is C20H22ClN3O2. The van der Waals surface area contributed by atoms with Gasteiger partial charge in [-0.1, -0.05) is 11.6 Å². The molecule has 3 fully saturated rings. The van der Waals surface area contributed by atoms with Gasteiger partial charge in [-0.25, -0.2) is 4.98 Å². The fraction of sp³-hybridized carbons (Fsp3) is 0.400. The van der Waals surface area contributed by atoms with Gasteiger partial charge >= 0.3 is 0 Å². The molecule has 0 aliphatic carbocycles. The summed E-state index contributed by atoms with van der Waals surface area (Å²) in [6.07, 6.45) is 3.97. The van der Waals surface area contributed by atoms with E-state index in [1.165, 1.54) is 12.8 Å². The number of hydrogen-bond donors (Lipinski definition) is 1. The maximum atomic E-state index is 12.7. The van der Waals surface area contributed by atoms with E-state index >= 15 is 0 Å². The highest BCUT2D eigenvalue weighted by Crippen LogP contribution is 2.32. The van der Waals surface area contributed by atoms with Gasteiger partial charge in [-0.05, 0) is 75.2 Å². The lowest BCUT2D eigenvalue weighted by Crippen LogP contribution is -2.62. The largest absolute Gasteiger partial charge is 0.438 e. The van der Waals surface area contributed by atoms with Crippen LogP contribution < -0.4 is 10.1 Å². The minimum absolute atomic E-state index is 0.0296. The molecule has 6 heteroatoms. The molecule has 0 spiro atoms. The molecule has 136 valence electrons. The second-order valence-corrected chi connectivity index (χ2v) is 7.44. The van der Waals surface area contributed by atoms with E-state index in [0.29, 0.717) is 34.2 Å². The second-order valence-electron chi connectivity index (χ2n) is 7.03. The predicted octanol–water partition coefficient (Wildman–Crippen LogP) is 3.74. The number of pyridine rings is 1. The van der Waals surface area contributed by atoms with E-state index in [4.69, 9.17) is 16.3 Å². The zero-order valence-electron chi connectivity index (χ0n) is 14.7. The van der Waals surface area contributed by atoms with Gasteiger partial charge in [-0.3, -0.25) is 9.69 Å². The van der Waals surface area contributed by atoms with E-state index in [1.54, 1.807) is 42.6 Å². The Kier molecular flexibility index (Phi) is 4.83. The van der Waals surface area contributed by atoms with Crippen LogP contribution in [0.15, 0.2) is 42.6 Å². The molecule has 5 nitrogen and oxygen atoms in total. The number of carbonyl (C=O) groups excluding carboxylic acids is 1. The Bertz CT molecular complexity index is 786. The third-order valence-electron chi connectivity index (χ3n) is 5.53. The molecule has 2 aromatic rings. The molecule has 2 bridgehead atoms. The summed E-state index contributed by atoms with van der Waals surface area (Å²) < 4.78 is 5.67. The second kappa shape index (κ2) is 7.25. The van der Waals surface area contributed by atoms with Gasteiger partial charge in [0.2, 0.25) is 5.88 Å². The summed E-state index contributed by atoms with van der Waals surface area (Å²) in [5, 5.41) is 3.69. The highest BCUT2D eigenvalue weighted by Gasteiger charge is 2.40. The van der Waals surface area contributed by atoms with Crippen LogP contribution in [0.4, 0.5) is 0 Å². The summed E-state index contributed by atoms with van der Waals surface area (Å²) in [5.41, 5.74) is 0.633. The van der Waals surface area contributed by atoms with E-state index in [1.807, 2.05) is 0 Å². The van der Waals surface area contributed by atoms with Crippen LogP contribution in [0.2, 0.25) is 5.02 Å². The van der Waals surface area contributed by atoms with Crippen molar-refractivity contribution in [3.63, 3.8) is 0 Å². The Labute approximate surface area is 158 Å². The van der Waals surface area contributed by atoms with E-state index in [-0.39, 0.29) is 11.9 Å². The Morgan fingerprint density at radius 3 is 2.62 bits per heavy atom. The lowest BCUT2D eigenvalue weighted by molar-refractivity contribution is 0.0217. The molecule has 3 saturated heterocycles. The number of carbonyl (C=O) groups is 1. The fourth-order valence-electron chi connectivity index (χ4n) is 4.01. The molecule has 3 aliphatic rings. The Morgan fingerprint density at radius 2 is 1.96 bits per heavy atom. The maximum absolute atomic E-state index is 12.7. The van der Waals surface area contributed by atoms with Crippen molar-refractivity contribution in [2.24, 2.45) is 5.92 Å². The number of piperidine rings is 3. The summed E-state index contributed by atoms with van der Waals surface area (Å²) in [7, 11) is 0. The Hall–Kier alpha value is -2.11. The Balaban J connectivity index is 1.42. The van der Waals surface area contributed by atoms with Crippen LogP contribution in [0, 0.1) is 5.92 Å². The first-order valence-corrected chi connectivity index (χ1v) is 9.43. The number of nitrogens with zero attached hydrogens (tertiary/aromatic N) is 2. The van der Waals surface area contributed by atoms with Crippen molar-refractivity contribution in [3.8, 4) is 11.6 Å². The molecule has 2 atom stereocenters. The fourth-order valence-corrected chi connectivity index (χ4v) is 4.17. The predicted molar refractivity (Wildman–Crippen MR) is 101 cm³/mol. The van der Waals surface area contributed by atoms with Gasteiger partial charge < -0.3 is 10.1 Å². The number of fused-ring (bicyclic) bond motifs is 3. The summed E-state index contributed by atoms with van der Waals surface area (Å²) in [6.45, 7) is 4.52. The SMILES string of the molecule is CC1C(NC(=O)c2ccc(Oc3ncccc3Cl)cc2)C2CCN1CC2. The van der Waals surface area contributed by atoms with Crippen LogP contribution in [-0.4, -0.2) is 41.0 Å². The number of amides is 1. The van der Waals surface area contributed by atoms with Gasteiger partial charge in [0, 0.05) is 23.8 Å². The van der Waals surface area contributed by atoms with E-state index in [2.05, 4.69) is 22.1 Å². The van der Waals surface area contributed by atoms with Crippen LogP contribution in [0.3, 0.4) is 0 Å². The lowest BCUT2D eigenvalue weighted by atomic mass is 9.79. The molecule has 26 heavy (non-hydrogen) atoms. The van der Waals surface area contributed by atoms with Crippen LogP contribution >= 0.6 is 11.6 Å². The summed E-state index contributed by atoms with van der Waals surface area (Å²) in [5.74, 6) is 1.51. The summed E-state index contributed by atoms with van der Waals surface area (Å²) in [4.78, 5) is 19.2. The normalized spacial score (nSPS) is 27.2. The quantitative estimate of drug-likeness (QED) is 0.889. The maximum Gasteiger partial charge on any atom is 0.251 e. The van der Waals surface area contributed by atoms with E-state index < -0.39 is 0 Å². The number of benzene rings is 1. The molecule has 1 aromatic heterocycles. The van der Waals surface area contributed by atoms with Crippen molar-refractivity contribution in [2.45, 2.75) is 31.8 Å². The monoisotopic (exact) mass is 371 g/mol. The van der Waals surface area contributed by atoms with E-state index in [9.17, 15) is 4.79 Å². The van der Waals surface area contributed by atoms with Crippen molar-refractivity contribution in [1.29, 1.82) is 0 Å². The Morgan fingerprint density at radius 1 is 1.23 bits per heavy atom. The van der Waals surface area contributed by atoms with Crippen LogP contribution in [0.1, 0.15) is 30.1 Å². The number of rotatable bonds is 4. The summed E-state index contributed by atoms with van der Waals surface area (Å²) >= 11 is 6.05. The zero-order valence-corrected chi connectivity index (χ0v) is 15.4. The zero-order chi connectivity index (χ0) is 18.1. The highest BCUT2D eigenvalue weighted by atomic mass is 35.5. The molecule has 1 aromatic carbocycles.